The number of rotatable bonds is 5. The van der Waals surface area contributed by atoms with E-state index >= 15 is 0 Å². The van der Waals surface area contributed by atoms with Gasteiger partial charge in [-0.05, 0) is 66.8 Å². The van der Waals surface area contributed by atoms with Crippen LogP contribution < -0.4 is 14.4 Å². The SMILES string of the molecule is O=C1CCCN1c1cc(C(F)(F)F)ccc1[C@H]1CCOc2cc(SNc3cccc(F)n3)ccc21. The average molecular weight is 504 g/mol. The quantitative estimate of drug-likeness (QED) is 0.248. The lowest BCUT2D eigenvalue weighted by molar-refractivity contribution is -0.137. The molecule has 3 aromatic rings. The van der Waals surface area contributed by atoms with Crippen molar-refractivity contribution < 1.29 is 27.1 Å². The highest BCUT2D eigenvalue weighted by molar-refractivity contribution is 8.00. The van der Waals surface area contributed by atoms with E-state index in [0.717, 1.165) is 22.6 Å². The maximum absolute atomic E-state index is 13.5. The van der Waals surface area contributed by atoms with E-state index in [0.29, 0.717) is 55.2 Å². The van der Waals surface area contributed by atoms with Crippen LogP contribution >= 0.6 is 11.9 Å². The number of carbonyl (C=O) groups is 1. The first kappa shape index (κ1) is 23.5. The van der Waals surface area contributed by atoms with Crippen LogP contribution in [0.2, 0.25) is 0 Å². The predicted molar refractivity (Wildman–Crippen MR) is 125 cm³/mol. The van der Waals surface area contributed by atoms with Gasteiger partial charge < -0.3 is 14.4 Å². The van der Waals surface area contributed by atoms with Crippen LogP contribution in [0.4, 0.5) is 29.1 Å². The third-order valence-electron chi connectivity index (χ3n) is 6.11. The molecule has 2 aliphatic rings. The molecular weight excluding hydrogens is 482 g/mol. The van der Waals surface area contributed by atoms with Crippen molar-refractivity contribution in [1.82, 2.24) is 4.98 Å². The molecule has 2 aliphatic heterocycles. The standard InChI is InChI=1S/C25H21F4N3O2S/c26-22-3-1-4-23(30-22)31-35-16-7-9-19-17(10-12-34-21(19)14-16)18-8-6-15(25(27,28)29)13-20(18)32-11-2-5-24(32)33/h1,3-4,6-9,13-14,17H,2,5,10-12H2,(H,30,31)/t17-/m1/s1. The van der Waals surface area contributed by atoms with Crippen LogP contribution in [0.25, 0.3) is 0 Å². The Morgan fingerprint density at radius 3 is 2.66 bits per heavy atom. The fourth-order valence-electron chi connectivity index (χ4n) is 4.48. The van der Waals surface area contributed by atoms with E-state index in [1.54, 1.807) is 12.1 Å². The Morgan fingerprint density at radius 2 is 1.91 bits per heavy atom. The van der Waals surface area contributed by atoms with Crippen LogP contribution in [-0.2, 0) is 11.0 Å². The number of hydrogen-bond donors (Lipinski definition) is 1. The second-order valence-electron chi connectivity index (χ2n) is 8.36. The Labute approximate surface area is 203 Å². The number of benzene rings is 2. The average Bonchev–Trinajstić information content (AvgIpc) is 3.27. The van der Waals surface area contributed by atoms with Gasteiger partial charge in [-0.1, -0.05) is 18.2 Å². The number of nitrogens with one attached hydrogen (secondary N) is 1. The van der Waals surface area contributed by atoms with Gasteiger partial charge in [0.2, 0.25) is 11.9 Å². The fourth-order valence-corrected chi connectivity index (χ4v) is 5.12. The summed E-state index contributed by atoms with van der Waals surface area (Å²) in [5, 5.41) is 0. The van der Waals surface area contributed by atoms with Crippen molar-refractivity contribution in [2.45, 2.75) is 36.3 Å². The van der Waals surface area contributed by atoms with Crippen LogP contribution in [0, 0.1) is 5.95 Å². The zero-order valence-corrected chi connectivity index (χ0v) is 19.3. The van der Waals surface area contributed by atoms with Crippen LogP contribution in [0.1, 0.15) is 41.9 Å². The molecule has 0 saturated carbocycles. The van der Waals surface area contributed by atoms with E-state index in [-0.39, 0.29) is 11.8 Å². The summed E-state index contributed by atoms with van der Waals surface area (Å²) < 4.78 is 62.6. The lowest BCUT2D eigenvalue weighted by Crippen LogP contribution is -2.27. The number of nitrogens with zero attached hydrogens (tertiary/aromatic N) is 2. The molecule has 1 N–H and O–H groups in total. The van der Waals surface area contributed by atoms with Crippen molar-refractivity contribution in [3.8, 4) is 5.75 Å². The third kappa shape index (κ3) is 4.93. The molecule has 2 aromatic carbocycles. The minimum Gasteiger partial charge on any atom is -0.493 e. The third-order valence-corrected chi connectivity index (χ3v) is 6.91. The Hall–Kier alpha value is -3.27. The van der Waals surface area contributed by atoms with Crippen LogP contribution in [0.15, 0.2) is 59.5 Å². The number of hydrogen-bond acceptors (Lipinski definition) is 5. The van der Waals surface area contributed by atoms with Crippen molar-refractivity contribution in [3.05, 3.63) is 77.2 Å². The van der Waals surface area contributed by atoms with E-state index in [4.69, 9.17) is 4.74 Å². The van der Waals surface area contributed by atoms with Gasteiger partial charge in [-0.15, -0.1) is 0 Å². The molecule has 1 atom stereocenters. The number of halogens is 4. The van der Waals surface area contributed by atoms with Crippen molar-refractivity contribution in [1.29, 1.82) is 0 Å². The molecule has 0 aliphatic carbocycles. The smallest absolute Gasteiger partial charge is 0.416 e. The first-order valence-electron chi connectivity index (χ1n) is 11.1. The first-order chi connectivity index (χ1) is 16.8. The molecule has 35 heavy (non-hydrogen) atoms. The fraction of sp³-hybridized carbons (Fsp3) is 0.280. The molecule has 0 unspecified atom stereocenters. The molecule has 1 aromatic heterocycles. The summed E-state index contributed by atoms with van der Waals surface area (Å²) in [4.78, 5) is 18.5. The number of alkyl halides is 3. The maximum Gasteiger partial charge on any atom is 0.416 e. The van der Waals surface area contributed by atoms with Crippen molar-refractivity contribution in [2.75, 3.05) is 22.8 Å². The molecule has 182 valence electrons. The van der Waals surface area contributed by atoms with Gasteiger partial charge in [0.25, 0.3) is 0 Å². The minimum absolute atomic E-state index is 0.165. The lowest BCUT2D eigenvalue weighted by Gasteiger charge is -2.30. The van der Waals surface area contributed by atoms with E-state index < -0.39 is 17.7 Å². The monoisotopic (exact) mass is 503 g/mol. The summed E-state index contributed by atoms with van der Waals surface area (Å²) >= 11 is 1.24. The van der Waals surface area contributed by atoms with E-state index in [2.05, 4.69) is 9.71 Å². The summed E-state index contributed by atoms with van der Waals surface area (Å²) in [6, 6.07) is 13.7. The molecule has 1 amide bonds. The second kappa shape index (κ2) is 9.41. The number of amides is 1. The molecule has 3 heterocycles. The number of anilines is 2. The highest BCUT2D eigenvalue weighted by atomic mass is 32.2. The minimum atomic E-state index is -4.50. The summed E-state index contributed by atoms with van der Waals surface area (Å²) in [7, 11) is 0. The topological polar surface area (TPSA) is 54.5 Å². The van der Waals surface area contributed by atoms with Crippen LogP contribution in [0.3, 0.4) is 0 Å². The van der Waals surface area contributed by atoms with E-state index in [9.17, 15) is 22.4 Å². The summed E-state index contributed by atoms with van der Waals surface area (Å²) in [6.45, 7) is 0.789. The molecular formula is C25H21F4N3O2S. The summed E-state index contributed by atoms with van der Waals surface area (Å²) in [5.41, 5.74) is 1.07. The van der Waals surface area contributed by atoms with Gasteiger partial charge in [0, 0.05) is 35.0 Å². The molecule has 5 nitrogen and oxygen atoms in total. The second-order valence-corrected chi connectivity index (χ2v) is 9.24. The van der Waals surface area contributed by atoms with Gasteiger partial charge in [0.1, 0.15) is 11.6 Å². The first-order valence-corrected chi connectivity index (χ1v) is 11.9. The molecule has 0 spiro atoms. The molecule has 0 radical (unpaired) electrons. The Balaban J connectivity index is 1.46. The zero-order chi connectivity index (χ0) is 24.6. The summed E-state index contributed by atoms with van der Waals surface area (Å²) in [5.74, 6) is 0.0223. The zero-order valence-electron chi connectivity index (χ0n) is 18.4. The Bertz CT molecular complexity index is 1270. The van der Waals surface area contributed by atoms with Gasteiger partial charge in [-0.2, -0.15) is 17.6 Å². The van der Waals surface area contributed by atoms with Gasteiger partial charge in [-0.3, -0.25) is 4.79 Å². The van der Waals surface area contributed by atoms with Gasteiger partial charge in [0.15, 0.2) is 0 Å². The number of pyridine rings is 1. The normalized spacial score (nSPS) is 17.8. The van der Waals surface area contributed by atoms with Gasteiger partial charge in [0.05, 0.1) is 12.2 Å². The van der Waals surface area contributed by atoms with Crippen LogP contribution in [-0.4, -0.2) is 24.0 Å². The maximum atomic E-state index is 13.5. The number of carbonyl (C=O) groups excluding carboxylic acids is 1. The Kier molecular flexibility index (Phi) is 6.31. The van der Waals surface area contributed by atoms with Gasteiger partial charge in [-0.25, -0.2) is 4.98 Å². The molecule has 1 fully saturated rings. The van der Waals surface area contributed by atoms with Crippen LogP contribution in [0.5, 0.6) is 5.75 Å². The largest absolute Gasteiger partial charge is 0.493 e. The molecule has 5 rings (SSSR count). The Morgan fingerprint density at radius 1 is 1.09 bits per heavy atom. The summed E-state index contributed by atoms with van der Waals surface area (Å²) in [6.07, 6.45) is -2.98. The van der Waals surface area contributed by atoms with Gasteiger partial charge >= 0.3 is 6.18 Å². The van der Waals surface area contributed by atoms with Crippen molar-refractivity contribution >= 4 is 29.4 Å². The molecule has 10 heteroatoms. The van der Waals surface area contributed by atoms with Crippen molar-refractivity contribution in [2.24, 2.45) is 0 Å². The number of ether oxygens (including phenoxy) is 1. The number of fused-ring (bicyclic) bond motifs is 1. The molecule has 1 saturated heterocycles. The van der Waals surface area contributed by atoms with E-state index in [1.165, 1.54) is 29.0 Å². The number of aromatic nitrogens is 1. The highest BCUT2D eigenvalue weighted by Crippen LogP contribution is 2.45. The molecule has 0 bridgehead atoms. The predicted octanol–water partition coefficient (Wildman–Crippen LogP) is 6.40. The lowest BCUT2D eigenvalue weighted by atomic mass is 9.85. The highest BCUT2D eigenvalue weighted by Gasteiger charge is 2.35. The van der Waals surface area contributed by atoms with Crippen molar-refractivity contribution in [3.63, 3.8) is 0 Å². The van der Waals surface area contributed by atoms with E-state index in [1.807, 2.05) is 18.2 Å².